The van der Waals surface area contributed by atoms with Crippen LogP contribution in [0.1, 0.15) is 17.5 Å². The number of ketones is 2. The fourth-order valence-corrected chi connectivity index (χ4v) is 3.12. The van der Waals surface area contributed by atoms with Crippen molar-refractivity contribution in [3.63, 3.8) is 0 Å². The fourth-order valence-electron chi connectivity index (χ4n) is 3.12. The summed E-state index contributed by atoms with van der Waals surface area (Å²) < 4.78 is 0. The number of carbonyl (C=O) groups excluding carboxylic acids is 2. The standard InChI is InChI=1S/C23H18N2O2/c26-18(11-9-16-14-24-22-7-3-1-5-20(16)22)13-19(27)12-10-17-15-25-23-8-4-2-6-21(17)23/h1-12,14-15,24-25H,13H2/b11-9+,12-10+. The quantitative estimate of drug-likeness (QED) is 0.382. The van der Waals surface area contributed by atoms with E-state index in [1.54, 1.807) is 12.2 Å². The molecule has 0 atom stereocenters. The van der Waals surface area contributed by atoms with Crippen molar-refractivity contribution in [1.29, 1.82) is 0 Å². The second kappa shape index (κ2) is 7.30. The van der Waals surface area contributed by atoms with Gasteiger partial charge >= 0.3 is 0 Å². The minimum absolute atomic E-state index is 0.141. The molecule has 0 saturated heterocycles. The third-order valence-electron chi connectivity index (χ3n) is 4.49. The first kappa shape index (κ1) is 16.8. The van der Waals surface area contributed by atoms with E-state index < -0.39 is 0 Å². The maximum atomic E-state index is 12.1. The molecule has 2 aromatic carbocycles. The molecule has 4 nitrogen and oxygen atoms in total. The van der Waals surface area contributed by atoms with Crippen LogP contribution < -0.4 is 0 Å². The fraction of sp³-hybridized carbons (Fsp3) is 0.0435. The van der Waals surface area contributed by atoms with Gasteiger partial charge in [-0.2, -0.15) is 0 Å². The van der Waals surface area contributed by atoms with Crippen LogP contribution in [0.25, 0.3) is 34.0 Å². The Morgan fingerprint density at radius 2 is 1.15 bits per heavy atom. The topological polar surface area (TPSA) is 65.7 Å². The molecule has 0 radical (unpaired) electrons. The van der Waals surface area contributed by atoms with E-state index in [2.05, 4.69) is 9.97 Å². The summed E-state index contributed by atoms with van der Waals surface area (Å²) in [5, 5.41) is 2.10. The summed E-state index contributed by atoms with van der Waals surface area (Å²) in [6.45, 7) is 0. The molecule has 0 bridgehead atoms. The van der Waals surface area contributed by atoms with Crippen molar-refractivity contribution in [2.75, 3.05) is 0 Å². The lowest BCUT2D eigenvalue weighted by atomic mass is 10.1. The zero-order chi connectivity index (χ0) is 18.6. The minimum Gasteiger partial charge on any atom is -0.361 e. The Balaban J connectivity index is 1.41. The first-order chi connectivity index (χ1) is 13.2. The highest BCUT2D eigenvalue weighted by Gasteiger charge is 2.06. The molecule has 0 amide bonds. The van der Waals surface area contributed by atoms with E-state index in [1.165, 1.54) is 12.2 Å². The first-order valence-electron chi connectivity index (χ1n) is 8.75. The summed E-state index contributed by atoms with van der Waals surface area (Å²) in [5.74, 6) is -0.428. The van der Waals surface area contributed by atoms with E-state index in [0.717, 1.165) is 32.9 Å². The number of aromatic nitrogens is 2. The average Bonchev–Trinajstić information content (AvgIpc) is 3.29. The lowest BCUT2D eigenvalue weighted by Gasteiger charge is -1.93. The Labute approximate surface area is 156 Å². The molecule has 0 unspecified atom stereocenters. The maximum Gasteiger partial charge on any atom is 0.163 e. The molecule has 4 rings (SSSR count). The Morgan fingerprint density at radius 3 is 1.63 bits per heavy atom. The number of rotatable bonds is 6. The summed E-state index contributed by atoms with van der Waals surface area (Å²) >= 11 is 0. The van der Waals surface area contributed by atoms with Gasteiger partial charge in [0.1, 0.15) is 0 Å². The Kier molecular flexibility index (Phi) is 4.54. The molecule has 0 aliphatic heterocycles. The summed E-state index contributed by atoms with van der Waals surface area (Å²) in [5.41, 5.74) is 3.89. The molecule has 4 heteroatoms. The maximum absolute atomic E-state index is 12.1. The summed E-state index contributed by atoms with van der Waals surface area (Å²) in [6.07, 6.45) is 9.99. The van der Waals surface area contributed by atoms with E-state index in [0.29, 0.717) is 0 Å². The minimum atomic E-state index is -0.214. The van der Waals surface area contributed by atoms with E-state index in [-0.39, 0.29) is 18.0 Å². The number of carbonyl (C=O) groups is 2. The molecule has 0 aliphatic carbocycles. The predicted molar refractivity (Wildman–Crippen MR) is 109 cm³/mol. The number of nitrogens with one attached hydrogen (secondary N) is 2. The SMILES string of the molecule is O=C(/C=C/c1c[nH]c2ccccc12)CC(=O)/C=C/c1c[nH]c2ccccc12. The number of benzene rings is 2. The van der Waals surface area contributed by atoms with Crippen molar-refractivity contribution in [2.45, 2.75) is 6.42 Å². The van der Waals surface area contributed by atoms with Crippen molar-refractivity contribution < 1.29 is 9.59 Å². The van der Waals surface area contributed by atoms with Crippen LogP contribution in [0.4, 0.5) is 0 Å². The Morgan fingerprint density at radius 1 is 0.704 bits per heavy atom. The second-order valence-electron chi connectivity index (χ2n) is 6.36. The van der Waals surface area contributed by atoms with Crippen LogP contribution in [0, 0.1) is 0 Å². The van der Waals surface area contributed by atoms with E-state index >= 15 is 0 Å². The molecule has 0 aliphatic rings. The van der Waals surface area contributed by atoms with Gasteiger partial charge in [-0.15, -0.1) is 0 Å². The van der Waals surface area contributed by atoms with Gasteiger partial charge < -0.3 is 9.97 Å². The lowest BCUT2D eigenvalue weighted by molar-refractivity contribution is -0.121. The largest absolute Gasteiger partial charge is 0.361 e. The monoisotopic (exact) mass is 354 g/mol. The van der Waals surface area contributed by atoms with E-state index in [4.69, 9.17) is 0 Å². The van der Waals surface area contributed by atoms with Gasteiger partial charge in [-0.25, -0.2) is 0 Å². The van der Waals surface area contributed by atoms with Gasteiger partial charge in [-0.1, -0.05) is 36.4 Å². The molecule has 2 heterocycles. The zero-order valence-electron chi connectivity index (χ0n) is 14.6. The molecule has 2 N–H and O–H groups in total. The number of hydrogen-bond acceptors (Lipinski definition) is 2. The highest BCUT2D eigenvalue weighted by atomic mass is 16.1. The molecule has 4 aromatic rings. The summed E-state index contributed by atoms with van der Waals surface area (Å²) in [4.78, 5) is 30.5. The first-order valence-corrected chi connectivity index (χ1v) is 8.75. The number of H-pyrrole nitrogens is 2. The number of para-hydroxylation sites is 2. The predicted octanol–water partition coefficient (Wildman–Crippen LogP) is 4.90. The molecule has 27 heavy (non-hydrogen) atoms. The lowest BCUT2D eigenvalue weighted by Crippen LogP contribution is -2.01. The molecule has 0 fully saturated rings. The van der Waals surface area contributed by atoms with Crippen molar-refractivity contribution in [2.24, 2.45) is 0 Å². The van der Waals surface area contributed by atoms with Crippen LogP contribution in [0.3, 0.4) is 0 Å². The Hall–Kier alpha value is -3.66. The van der Waals surface area contributed by atoms with Gasteiger partial charge in [0.05, 0.1) is 6.42 Å². The number of aromatic amines is 2. The zero-order valence-corrected chi connectivity index (χ0v) is 14.6. The van der Waals surface area contributed by atoms with Crippen LogP contribution in [0.5, 0.6) is 0 Å². The second-order valence-corrected chi connectivity index (χ2v) is 6.36. The number of allylic oxidation sites excluding steroid dienone is 2. The number of fused-ring (bicyclic) bond motifs is 2. The molecule has 132 valence electrons. The molecular formula is C23H18N2O2. The molecule has 2 aromatic heterocycles. The third kappa shape index (κ3) is 3.65. The summed E-state index contributed by atoms with van der Waals surface area (Å²) in [6, 6.07) is 15.8. The van der Waals surface area contributed by atoms with Gasteiger partial charge in [0.15, 0.2) is 11.6 Å². The van der Waals surface area contributed by atoms with Crippen LogP contribution in [-0.4, -0.2) is 21.5 Å². The van der Waals surface area contributed by atoms with Crippen LogP contribution in [0.15, 0.2) is 73.1 Å². The molecular weight excluding hydrogens is 336 g/mol. The summed E-state index contributed by atoms with van der Waals surface area (Å²) in [7, 11) is 0. The van der Waals surface area contributed by atoms with Gasteiger partial charge in [0.25, 0.3) is 0 Å². The molecule has 0 saturated carbocycles. The van der Waals surface area contributed by atoms with Crippen molar-refractivity contribution >= 4 is 45.5 Å². The average molecular weight is 354 g/mol. The van der Waals surface area contributed by atoms with Gasteiger partial charge in [-0.3, -0.25) is 9.59 Å². The normalized spacial score (nSPS) is 11.9. The van der Waals surface area contributed by atoms with Crippen LogP contribution in [0.2, 0.25) is 0 Å². The molecule has 0 spiro atoms. The van der Waals surface area contributed by atoms with Gasteiger partial charge in [-0.05, 0) is 47.6 Å². The highest BCUT2D eigenvalue weighted by molar-refractivity contribution is 6.11. The Bertz CT molecular complexity index is 1100. The van der Waals surface area contributed by atoms with Crippen LogP contribution in [-0.2, 0) is 9.59 Å². The van der Waals surface area contributed by atoms with Gasteiger partial charge in [0, 0.05) is 34.2 Å². The third-order valence-corrected chi connectivity index (χ3v) is 4.49. The van der Waals surface area contributed by atoms with E-state index in [9.17, 15) is 9.59 Å². The van der Waals surface area contributed by atoms with Crippen molar-refractivity contribution in [3.8, 4) is 0 Å². The van der Waals surface area contributed by atoms with Crippen molar-refractivity contribution in [3.05, 3.63) is 84.2 Å². The van der Waals surface area contributed by atoms with Crippen LogP contribution >= 0.6 is 0 Å². The number of hydrogen-bond donors (Lipinski definition) is 2. The smallest absolute Gasteiger partial charge is 0.163 e. The highest BCUT2D eigenvalue weighted by Crippen LogP contribution is 2.20. The van der Waals surface area contributed by atoms with E-state index in [1.807, 2.05) is 60.9 Å². The van der Waals surface area contributed by atoms with Gasteiger partial charge in [0.2, 0.25) is 0 Å². The van der Waals surface area contributed by atoms with Crippen molar-refractivity contribution in [1.82, 2.24) is 9.97 Å².